The molecule has 0 aromatic carbocycles. The number of hydrogen-bond acceptors (Lipinski definition) is 4. The Bertz CT molecular complexity index is 250. The highest BCUT2D eigenvalue weighted by Crippen LogP contribution is 2.20. The first-order valence-corrected chi connectivity index (χ1v) is 6.25. The molecule has 1 rings (SSSR count). The predicted molar refractivity (Wildman–Crippen MR) is 65.4 cm³/mol. The summed E-state index contributed by atoms with van der Waals surface area (Å²) >= 11 is 0. The van der Waals surface area contributed by atoms with Gasteiger partial charge in [0, 0.05) is 13.2 Å². The SMILES string of the molecule is CC(C)CC(N)C(=O)NC1(CO)CCOCC1. The Kier molecular flexibility index (Phi) is 5.36. The third-order valence-electron chi connectivity index (χ3n) is 3.20. The molecule has 0 aliphatic carbocycles. The number of nitrogens with two attached hydrogens (primary N) is 1. The second-order valence-corrected chi connectivity index (χ2v) is 5.28. The van der Waals surface area contributed by atoms with Gasteiger partial charge in [0.1, 0.15) is 0 Å². The molecule has 0 aromatic heterocycles. The summed E-state index contributed by atoms with van der Waals surface area (Å²) in [7, 11) is 0. The van der Waals surface area contributed by atoms with Crippen LogP contribution in [-0.4, -0.2) is 42.4 Å². The van der Waals surface area contributed by atoms with Crippen LogP contribution in [0.1, 0.15) is 33.1 Å². The van der Waals surface area contributed by atoms with Crippen molar-refractivity contribution >= 4 is 5.91 Å². The summed E-state index contributed by atoms with van der Waals surface area (Å²) in [6.07, 6.45) is 1.94. The molecule has 0 bridgehead atoms. The minimum Gasteiger partial charge on any atom is -0.394 e. The second-order valence-electron chi connectivity index (χ2n) is 5.28. The van der Waals surface area contributed by atoms with Crippen LogP contribution < -0.4 is 11.1 Å². The number of aliphatic hydroxyl groups is 1. The van der Waals surface area contributed by atoms with Gasteiger partial charge in [-0.25, -0.2) is 0 Å². The van der Waals surface area contributed by atoms with E-state index >= 15 is 0 Å². The van der Waals surface area contributed by atoms with E-state index in [0.29, 0.717) is 38.4 Å². The molecule has 1 atom stereocenters. The molecule has 1 amide bonds. The fourth-order valence-electron chi connectivity index (χ4n) is 2.05. The van der Waals surface area contributed by atoms with E-state index in [1.165, 1.54) is 0 Å². The Morgan fingerprint density at radius 3 is 2.53 bits per heavy atom. The molecule has 0 spiro atoms. The number of carbonyl (C=O) groups excluding carboxylic acids is 1. The summed E-state index contributed by atoms with van der Waals surface area (Å²) in [6.45, 7) is 5.14. The first kappa shape index (κ1) is 14.4. The van der Waals surface area contributed by atoms with Crippen molar-refractivity contribution in [3.8, 4) is 0 Å². The zero-order valence-corrected chi connectivity index (χ0v) is 10.7. The first-order valence-electron chi connectivity index (χ1n) is 6.25. The maximum Gasteiger partial charge on any atom is 0.237 e. The molecule has 5 heteroatoms. The summed E-state index contributed by atoms with van der Waals surface area (Å²) in [5.74, 6) is 0.213. The van der Waals surface area contributed by atoms with Crippen molar-refractivity contribution < 1.29 is 14.6 Å². The molecule has 0 radical (unpaired) electrons. The normalized spacial score (nSPS) is 21.2. The number of carbonyl (C=O) groups is 1. The van der Waals surface area contributed by atoms with Crippen LogP contribution in [0.5, 0.6) is 0 Å². The summed E-state index contributed by atoms with van der Waals surface area (Å²) < 4.78 is 5.24. The van der Waals surface area contributed by atoms with Crippen LogP contribution >= 0.6 is 0 Å². The van der Waals surface area contributed by atoms with Gasteiger partial charge in [-0.05, 0) is 25.2 Å². The topological polar surface area (TPSA) is 84.6 Å². The van der Waals surface area contributed by atoms with Crippen molar-refractivity contribution in [2.45, 2.75) is 44.7 Å². The lowest BCUT2D eigenvalue weighted by atomic mass is 9.90. The number of amides is 1. The van der Waals surface area contributed by atoms with Crippen molar-refractivity contribution in [2.24, 2.45) is 11.7 Å². The van der Waals surface area contributed by atoms with Crippen molar-refractivity contribution in [1.82, 2.24) is 5.32 Å². The van der Waals surface area contributed by atoms with Crippen LogP contribution in [0.3, 0.4) is 0 Å². The van der Waals surface area contributed by atoms with Gasteiger partial charge in [0.25, 0.3) is 0 Å². The van der Waals surface area contributed by atoms with Gasteiger partial charge in [0.05, 0.1) is 18.2 Å². The minimum atomic E-state index is -0.538. The maximum atomic E-state index is 11.9. The van der Waals surface area contributed by atoms with E-state index in [2.05, 4.69) is 5.32 Å². The molecule has 1 saturated heterocycles. The van der Waals surface area contributed by atoms with Crippen molar-refractivity contribution in [3.05, 3.63) is 0 Å². The zero-order valence-electron chi connectivity index (χ0n) is 10.7. The third-order valence-corrected chi connectivity index (χ3v) is 3.20. The molecule has 1 aliphatic rings. The van der Waals surface area contributed by atoms with Gasteiger partial charge in [-0.2, -0.15) is 0 Å². The summed E-state index contributed by atoms with van der Waals surface area (Å²) in [5, 5.41) is 12.3. The Morgan fingerprint density at radius 2 is 2.06 bits per heavy atom. The highest BCUT2D eigenvalue weighted by molar-refractivity contribution is 5.82. The predicted octanol–water partition coefficient (Wildman–Crippen LogP) is 0.0175. The fraction of sp³-hybridized carbons (Fsp3) is 0.917. The lowest BCUT2D eigenvalue weighted by Gasteiger charge is -2.37. The van der Waals surface area contributed by atoms with Gasteiger partial charge in [0.15, 0.2) is 0 Å². The lowest BCUT2D eigenvalue weighted by Crippen LogP contribution is -2.58. The Morgan fingerprint density at radius 1 is 1.47 bits per heavy atom. The third kappa shape index (κ3) is 4.26. The van der Waals surface area contributed by atoms with E-state index in [-0.39, 0.29) is 12.5 Å². The molecule has 0 aromatic rings. The molecule has 0 saturated carbocycles. The van der Waals surface area contributed by atoms with Crippen molar-refractivity contribution in [2.75, 3.05) is 19.8 Å². The van der Waals surface area contributed by atoms with Crippen LogP contribution in [0.25, 0.3) is 0 Å². The van der Waals surface area contributed by atoms with Crippen LogP contribution in [0.2, 0.25) is 0 Å². The Labute approximate surface area is 103 Å². The van der Waals surface area contributed by atoms with Crippen LogP contribution in [0.4, 0.5) is 0 Å². The van der Waals surface area contributed by atoms with Gasteiger partial charge >= 0.3 is 0 Å². The van der Waals surface area contributed by atoms with Gasteiger partial charge in [-0.1, -0.05) is 13.8 Å². The molecule has 1 heterocycles. The van der Waals surface area contributed by atoms with E-state index in [1.807, 2.05) is 13.8 Å². The van der Waals surface area contributed by atoms with Gasteiger partial charge in [-0.15, -0.1) is 0 Å². The van der Waals surface area contributed by atoms with E-state index in [1.54, 1.807) is 0 Å². The molecule has 100 valence electrons. The van der Waals surface area contributed by atoms with Crippen LogP contribution in [0.15, 0.2) is 0 Å². The standard InChI is InChI=1S/C12H24N2O3/c1-9(2)7-10(13)11(16)14-12(8-15)3-5-17-6-4-12/h9-10,15H,3-8,13H2,1-2H3,(H,14,16). The number of nitrogens with one attached hydrogen (secondary N) is 1. The molecule has 1 unspecified atom stereocenters. The highest BCUT2D eigenvalue weighted by Gasteiger charge is 2.34. The molecule has 1 fully saturated rings. The lowest BCUT2D eigenvalue weighted by molar-refractivity contribution is -0.126. The molecule has 5 nitrogen and oxygen atoms in total. The van der Waals surface area contributed by atoms with E-state index < -0.39 is 11.6 Å². The highest BCUT2D eigenvalue weighted by atomic mass is 16.5. The van der Waals surface area contributed by atoms with Crippen LogP contribution in [0, 0.1) is 5.92 Å². The minimum absolute atomic E-state index is 0.0590. The second kappa shape index (κ2) is 6.33. The van der Waals surface area contributed by atoms with Gasteiger partial charge in [-0.3, -0.25) is 4.79 Å². The van der Waals surface area contributed by atoms with Crippen molar-refractivity contribution in [1.29, 1.82) is 0 Å². The molecular weight excluding hydrogens is 220 g/mol. The average Bonchev–Trinajstić information content (AvgIpc) is 2.29. The van der Waals surface area contributed by atoms with Gasteiger partial charge in [0.2, 0.25) is 5.91 Å². The zero-order chi connectivity index (χ0) is 12.9. The summed E-state index contributed by atoms with van der Waals surface area (Å²) in [5.41, 5.74) is 5.29. The van der Waals surface area contributed by atoms with Gasteiger partial charge < -0.3 is 20.9 Å². The quantitative estimate of drug-likeness (QED) is 0.636. The molecule has 17 heavy (non-hydrogen) atoms. The Balaban J connectivity index is 2.52. The monoisotopic (exact) mass is 244 g/mol. The smallest absolute Gasteiger partial charge is 0.237 e. The maximum absolute atomic E-state index is 11.9. The fourth-order valence-corrected chi connectivity index (χ4v) is 2.05. The molecule has 1 aliphatic heterocycles. The Hall–Kier alpha value is -0.650. The summed E-state index contributed by atoms with van der Waals surface area (Å²) in [4.78, 5) is 11.9. The molecule has 4 N–H and O–H groups in total. The first-order chi connectivity index (χ1) is 7.99. The number of rotatable bonds is 5. The van der Waals surface area contributed by atoms with E-state index in [0.717, 1.165) is 0 Å². The summed E-state index contributed by atoms with van der Waals surface area (Å²) in [6, 6.07) is -0.499. The van der Waals surface area contributed by atoms with E-state index in [4.69, 9.17) is 10.5 Å². The van der Waals surface area contributed by atoms with Crippen LogP contribution in [-0.2, 0) is 9.53 Å². The number of hydrogen-bond donors (Lipinski definition) is 3. The largest absolute Gasteiger partial charge is 0.394 e. The number of ether oxygens (including phenoxy) is 1. The van der Waals surface area contributed by atoms with E-state index in [9.17, 15) is 9.90 Å². The van der Waals surface area contributed by atoms with Crippen molar-refractivity contribution in [3.63, 3.8) is 0 Å². The molecular formula is C12H24N2O3. The number of aliphatic hydroxyl groups excluding tert-OH is 1. The average molecular weight is 244 g/mol.